The average Bonchev–Trinajstić information content (AvgIpc) is 3.39. The molecule has 1 aliphatic heterocycles. The number of nitrogens with one attached hydrogen (secondary N) is 2. The van der Waals surface area contributed by atoms with Gasteiger partial charge in [0.2, 0.25) is 5.91 Å². The number of carbonyl (C=O) groups is 1. The number of nitrogens with zero attached hydrogens (tertiary/aromatic N) is 1. The molecule has 5 nitrogen and oxygen atoms in total. The molecular weight excluding hydrogens is 333 g/mol. The number of anilines is 1. The van der Waals surface area contributed by atoms with Crippen molar-refractivity contribution in [3.05, 3.63) is 54.2 Å². The predicted molar refractivity (Wildman–Crippen MR) is 96.5 cm³/mol. The Bertz CT molecular complexity index is 720. The highest BCUT2D eigenvalue weighted by Gasteiger charge is 2.34. The molecule has 0 unspecified atom stereocenters. The molecule has 1 saturated heterocycles. The molecule has 26 heavy (non-hydrogen) atoms. The minimum atomic E-state index is -0.206. The zero-order chi connectivity index (χ0) is 17.9. The van der Waals surface area contributed by atoms with Crippen molar-refractivity contribution >= 4 is 11.6 Å². The van der Waals surface area contributed by atoms with Gasteiger partial charge in [0.05, 0.1) is 39.0 Å². The van der Waals surface area contributed by atoms with Crippen molar-refractivity contribution in [1.29, 1.82) is 0 Å². The van der Waals surface area contributed by atoms with Crippen LogP contribution in [0.1, 0.15) is 24.6 Å². The van der Waals surface area contributed by atoms with E-state index in [0.29, 0.717) is 6.54 Å². The van der Waals surface area contributed by atoms with E-state index in [9.17, 15) is 9.18 Å². The first kappa shape index (κ1) is 17.1. The van der Waals surface area contributed by atoms with Crippen molar-refractivity contribution in [3.63, 3.8) is 0 Å². The number of furan rings is 1. The number of rotatable bonds is 6. The van der Waals surface area contributed by atoms with Crippen LogP contribution in [0.5, 0.6) is 0 Å². The van der Waals surface area contributed by atoms with Gasteiger partial charge in [-0.2, -0.15) is 0 Å². The second-order valence-electron chi connectivity index (χ2n) is 7.21. The highest BCUT2D eigenvalue weighted by atomic mass is 19.1. The quantitative estimate of drug-likeness (QED) is 0.821. The molecule has 1 amide bonds. The third kappa shape index (κ3) is 3.90. The van der Waals surface area contributed by atoms with Gasteiger partial charge in [-0.05, 0) is 49.2 Å². The van der Waals surface area contributed by atoms with E-state index in [0.717, 1.165) is 50.5 Å². The average molecular weight is 358 g/mol. The van der Waals surface area contributed by atoms with Crippen LogP contribution in [0.2, 0.25) is 0 Å². The van der Waals surface area contributed by atoms with Crippen LogP contribution in [0.4, 0.5) is 10.1 Å². The summed E-state index contributed by atoms with van der Waals surface area (Å²) >= 11 is 0. The summed E-state index contributed by atoms with van der Waals surface area (Å²) in [5.41, 5.74) is 1.06. The molecule has 2 aromatic rings. The molecule has 1 aromatic heterocycles. The Hall–Kier alpha value is -2.34. The molecular formula is C20H25FN3O2+. The summed E-state index contributed by atoms with van der Waals surface area (Å²) in [6, 6.07) is 10.7. The van der Waals surface area contributed by atoms with Gasteiger partial charge in [0.1, 0.15) is 5.82 Å². The van der Waals surface area contributed by atoms with E-state index in [-0.39, 0.29) is 23.7 Å². The fourth-order valence-electron chi connectivity index (χ4n) is 3.68. The van der Waals surface area contributed by atoms with Crippen molar-refractivity contribution in [2.24, 2.45) is 5.92 Å². The van der Waals surface area contributed by atoms with Crippen LogP contribution >= 0.6 is 0 Å². The van der Waals surface area contributed by atoms with Crippen LogP contribution in [0.25, 0.3) is 0 Å². The molecule has 1 aromatic carbocycles. The molecule has 0 radical (unpaired) electrons. The van der Waals surface area contributed by atoms with E-state index >= 15 is 0 Å². The summed E-state index contributed by atoms with van der Waals surface area (Å²) in [4.78, 5) is 15.7. The van der Waals surface area contributed by atoms with Crippen molar-refractivity contribution in [2.45, 2.75) is 18.9 Å². The molecule has 6 heteroatoms. The van der Waals surface area contributed by atoms with E-state index in [1.165, 1.54) is 17.0 Å². The van der Waals surface area contributed by atoms with Crippen LogP contribution in [-0.2, 0) is 4.79 Å². The minimum Gasteiger partial charge on any atom is -0.463 e. The summed E-state index contributed by atoms with van der Waals surface area (Å²) in [7, 11) is 0. The third-order valence-electron chi connectivity index (χ3n) is 5.41. The van der Waals surface area contributed by atoms with Crippen molar-refractivity contribution in [1.82, 2.24) is 5.32 Å². The molecule has 2 aliphatic rings. The number of piperazine rings is 1. The second-order valence-corrected chi connectivity index (χ2v) is 7.21. The van der Waals surface area contributed by atoms with E-state index in [1.54, 1.807) is 6.26 Å². The maximum absolute atomic E-state index is 13.1. The number of hydrogen-bond acceptors (Lipinski definition) is 3. The molecule has 2 heterocycles. The van der Waals surface area contributed by atoms with Crippen LogP contribution in [0.15, 0.2) is 47.1 Å². The Labute approximate surface area is 152 Å². The lowest BCUT2D eigenvalue weighted by molar-refractivity contribution is -0.932. The van der Waals surface area contributed by atoms with E-state index in [4.69, 9.17) is 4.42 Å². The Morgan fingerprint density at radius 1 is 1.23 bits per heavy atom. The van der Waals surface area contributed by atoms with Crippen molar-refractivity contribution < 1.29 is 18.5 Å². The lowest BCUT2D eigenvalue weighted by Crippen LogP contribution is -3.15. The number of carbonyl (C=O) groups excluding carboxylic acids is 1. The Balaban J connectivity index is 1.38. The van der Waals surface area contributed by atoms with Crippen LogP contribution in [0, 0.1) is 11.7 Å². The van der Waals surface area contributed by atoms with E-state index in [1.807, 2.05) is 24.3 Å². The van der Waals surface area contributed by atoms with Gasteiger partial charge in [0.15, 0.2) is 11.8 Å². The first-order valence-electron chi connectivity index (χ1n) is 9.37. The first-order chi connectivity index (χ1) is 12.7. The first-order valence-corrected chi connectivity index (χ1v) is 9.37. The van der Waals surface area contributed by atoms with Crippen LogP contribution < -0.4 is 15.1 Å². The number of quaternary nitrogens is 1. The monoisotopic (exact) mass is 358 g/mol. The molecule has 1 atom stereocenters. The summed E-state index contributed by atoms with van der Waals surface area (Å²) in [5, 5.41) is 3.10. The smallest absolute Gasteiger partial charge is 0.223 e. The van der Waals surface area contributed by atoms with E-state index in [2.05, 4.69) is 10.2 Å². The minimum absolute atomic E-state index is 0.128. The van der Waals surface area contributed by atoms with Gasteiger partial charge in [-0.1, -0.05) is 0 Å². The largest absolute Gasteiger partial charge is 0.463 e. The molecule has 0 spiro atoms. The predicted octanol–water partition coefficient (Wildman–Crippen LogP) is 1.39. The second kappa shape index (κ2) is 7.50. The van der Waals surface area contributed by atoms with Crippen LogP contribution in [0.3, 0.4) is 0 Å². The Morgan fingerprint density at radius 3 is 2.58 bits per heavy atom. The summed E-state index contributed by atoms with van der Waals surface area (Å²) in [6.45, 7) is 4.29. The molecule has 2 N–H and O–H groups in total. The summed E-state index contributed by atoms with van der Waals surface area (Å²) < 4.78 is 18.8. The highest BCUT2D eigenvalue weighted by Crippen LogP contribution is 2.28. The normalized spacial score (nSPS) is 19.3. The molecule has 138 valence electrons. The number of halogens is 1. The van der Waals surface area contributed by atoms with Crippen molar-refractivity contribution in [2.75, 3.05) is 37.6 Å². The maximum Gasteiger partial charge on any atom is 0.223 e. The third-order valence-corrected chi connectivity index (χ3v) is 5.41. The van der Waals surface area contributed by atoms with Gasteiger partial charge in [0.25, 0.3) is 0 Å². The molecule has 1 saturated carbocycles. The topological polar surface area (TPSA) is 49.9 Å². The maximum atomic E-state index is 13.1. The van der Waals surface area contributed by atoms with Gasteiger partial charge in [-0.3, -0.25) is 4.79 Å². The summed E-state index contributed by atoms with van der Waals surface area (Å²) in [5.74, 6) is 1.11. The molecule has 4 rings (SSSR count). The zero-order valence-electron chi connectivity index (χ0n) is 14.8. The lowest BCUT2D eigenvalue weighted by Gasteiger charge is -2.37. The highest BCUT2D eigenvalue weighted by molar-refractivity contribution is 5.80. The molecule has 0 bridgehead atoms. The molecule has 2 fully saturated rings. The number of hydrogen-bond donors (Lipinski definition) is 2. The van der Waals surface area contributed by atoms with Gasteiger partial charge < -0.3 is 19.5 Å². The SMILES string of the molecule is O=C(NC[C@@H](c1ccco1)[NH+]1CCN(c2ccc(F)cc2)CC1)C1CC1. The van der Waals surface area contributed by atoms with Gasteiger partial charge in [-0.15, -0.1) is 0 Å². The standard InChI is InChI=1S/C20H24FN3O2/c21-16-5-7-17(8-6-16)23-9-11-24(12-10-23)18(19-2-1-13-26-19)14-22-20(25)15-3-4-15/h1-2,5-8,13,15,18H,3-4,9-12,14H2,(H,22,25)/p+1/t18-/m0/s1. The van der Waals surface area contributed by atoms with Crippen molar-refractivity contribution in [3.8, 4) is 0 Å². The van der Waals surface area contributed by atoms with Crippen LogP contribution in [-0.4, -0.2) is 38.6 Å². The van der Waals surface area contributed by atoms with E-state index < -0.39 is 0 Å². The fourth-order valence-corrected chi connectivity index (χ4v) is 3.68. The molecule has 1 aliphatic carbocycles. The Kier molecular flexibility index (Phi) is 4.93. The number of benzene rings is 1. The number of amides is 1. The zero-order valence-corrected chi connectivity index (χ0v) is 14.8. The van der Waals surface area contributed by atoms with Gasteiger partial charge in [-0.25, -0.2) is 4.39 Å². The summed E-state index contributed by atoms with van der Waals surface area (Å²) in [6.07, 6.45) is 3.72. The van der Waals surface area contributed by atoms with Gasteiger partial charge in [0, 0.05) is 11.6 Å². The van der Waals surface area contributed by atoms with Gasteiger partial charge >= 0.3 is 0 Å². The fraction of sp³-hybridized carbons (Fsp3) is 0.450. The lowest BCUT2D eigenvalue weighted by atomic mass is 10.1. The Morgan fingerprint density at radius 2 is 1.96 bits per heavy atom.